The van der Waals surface area contributed by atoms with Crippen LogP contribution in [0.4, 0.5) is 3.89 Å². The Morgan fingerprint density at radius 1 is 1.44 bits per heavy atom. The SMILES string of the molecule is O=C(O)c1cc2c(c(S(=O)(=O)F)c1)OCC2. The van der Waals surface area contributed by atoms with E-state index >= 15 is 0 Å². The summed E-state index contributed by atoms with van der Waals surface area (Å²) in [6.07, 6.45) is 0.374. The number of hydrogen-bond acceptors (Lipinski definition) is 4. The molecular formula is C9H7FO5S. The van der Waals surface area contributed by atoms with Crippen molar-refractivity contribution in [2.24, 2.45) is 0 Å². The molecule has 0 aromatic heterocycles. The van der Waals surface area contributed by atoms with Crippen LogP contribution in [0.5, 0.6) is 5.75 Å². The van der Waals surface area contributed by atoms with Crippen LogP contribution in [0.3, 0.4) is 0 Å². The molecule has 5 nitrogen and oxygen atoms in total. The third-order valence-corrected chi connectivity index (χ3v) is 3.09. The summed E-state index contributed by atoms with van der Waals surface area (Å²) in [4.78, 5) is 10.0. The van der Waals surface area contributed by atoms with Crippen LogP contribution in [0.25, 0.3) is 0 Å². The maximum Gasteiger partial charge on any atom is 0.335 e. The van der Waals surface area contributed by atoms with E-state index in [2.05, 4.69) is 0 Å². The Labute approximate surface area is 90.7 Å². The van der Waals surface area contributed by atoms with Gasteiger partial charge in [-0.15, -0.1) is 3.89 Å². The summed E-state index contributed by atoms with van der Waals surface area (Å²) >= 11 is 0. The van der Waals surface area contributed by atoms with Gasteiger partial charge in [-0.3, -0.25) is 0 Å². The summed E-state index contributed by atoms with van der Waals surface area (Å²) in [5.41, 5.74) is 0.136. The first-order valence-corrected chi connectivity index (χ1v) is 5.75. The molecule has 0 radical (unpaired) electrons. The van der Waals surface area contributed by atoms with Crippen LogP contribution in [0.1, 0.15) is 15.9 Å². The molecule has 7 heteroatoms. The molecule has 0 aliphatic carbocycles. The summed E-state index contributed by atoms with van der Waals surface area (Å²) in [5, 5.41) is 8.75. The molecule has 1 aromatic carbocycles. The van der Waals surface area contributed by atoms with Crippen molar-refractivity contribution in [2.75, 3.05) is 6.61 Å². The topological polar surface area (TPSA) is 80.7 Å². The maximum absolute atomic E-state index is 12.9. The Morgan fingerprint density at radius 2 is 2.12 bits per heavy atom. The zero-order valence-corrected chi connectivity index (χ0v) is 8.75. The lowest BCUT2D eigenvalue weighted by Gasteiger charge is -2.05. The van der Waals surface area contributed by atoms with Crippen LogP contribution >= 0.6 is 0 Å². The zero-order valence-electron chi connectivity index (χ0n) is 7.94. The number of rotatable bonds is 2. The fraction of sp³-hybridized carbons (Fsp3) is 0.222. The van der Waals surface area contributed by atoms with Gasteiger partial charge in [-0.25, -0.2) is 4.79 Å². The molecule has 86 valence electrons. The molecule has 1 aliphatic heterocycles. The lowest BCUT2D eigenvalue weighted by molar-refractivity contribution is 0.0696. The average molecular weight is 246 g/mol. The van der Waals surface area contributed by atoms with Crippen LogP contribution in [0.2, 0.25) is 0 Å². The van der Waals surface area contributed by atoms with Crippen molar-refractivity contribution < 1.29 is 26.9 Å². The summed E-state index contributed by atoms with van der Waals surface area (Å²) in [7, 11) is -4.97. The van der Waals surface area contributed by atoms with Gasteiger partial charge in [-0.05, 0) is 17.7 Å². The van der Waals surface area contributed by atoms with Crippen molar-refractivity contribution in [3.63, 3.8) is 0 Å². The minimum absolute atomic E-state index is 0.0764. The minimum Gasteiger partial charge on any atom is -0.491 e. The van der Waals surface area contributed by atoms with Crippen LogP contribution in [-0.4, -0.2) is 26.1 Å². The third kappa shape index (κ3) is 1.73. The second-order valence-electron chi connectivity index (χ2n) is 3.30. The van der Waals surface area contributed by atoms with Crippen molar-refractivity contribution in [3.05, 3.63) is 23.3 Å². The first-order chi connectivity index (χ1) is 7.39. The van der Waals surface area contributed by atoms with E-state index in [4.69, 9.17) is 9.84 Å². The first-order valence-electron chi connectivity index (χ1n) is 4.37. The van der Waals surface area contributed by atoms with E-state index in [1.165, 1.54) is 6.07 Å². The number of halogens is 1. The van der Waals surface area contributed by atoms with Crippen molar-refractivity contribution in [3.8, 4) is 5.75 Å². The molecule has 0 unspecified atom stereocenters. The molecule has 0 saturated carbocycles. The highest BCUT2D eigenvalue weighted by molar-refractivity contribution is 7.86. The number of benzene rings is 1. The molecule has 0 spiro atoms. The highest BCUT2D eigenvalue weighted by Gasteiger charge is 2.27. The van der Waals surface area contributed by atoms with E-state index in [0.717, 1.165) is 6.07 Å². The van der Waals surface area contributed by atoms with Crippen molar-refractivity contribution in [2.45, 2.75) is 11.3 Å². The third-order valence-electron chi connectivity index (χ3n) is 2.26. The van der Waals surface area contributed by atoms with Crippen molar-refractivity contribution in [1.29, 1.82) is 0 Å². The summed E-state index contributed by atoms with van der Waals surface area (Å²) in [5.74, 6) is -1.38. The molecule has 16 heavy (non-hydrogen) atoms. The molecule has 0 amide bonds. The number of carboxylic acids is 1. The molecule has 0 saturated heterocycles. The smallest absolute Gasteiger partial charge is 0.335 e. The fourth-order valence-corrected chi connectivity index (χ4v) is 2.26. The Bertz CT molecular complexity index is 564. The quantitative estimate of drug-likeness (QED) is 0.786. The highest BCUT2D eigenvalue weighted by Crippen LogP contribution is 2.35. The van der Waals surface area contributed by atoms with E-state index in [-0.39, 0.29) is 17.9 Å². The second-order valence-corrected chi connectivity index (χ2v) is 4.62. The lowest BCUT2D eigenvalue weighted by Crippen LogP contribution is -2.02. The largest absolute Gasteiger partial charge is 0.491 e. The number of carboxylic acid groups (broad SMARTS) is 1. The molecule has 1 aliphatic rings. The van der Waals surface area contributed by atoms with Gasteiger partial charge in [0.2, 0.25) is 0 Å². The van der Waals surface area contributed by atoms with E-state index in [9.17, 15) is 17.1 Å². The molecule has 1 heterocycles. The number of aromatic carboxylic acids is 1. The van der Waals surface area contributed by atoms with Gasteiger partial charge in [0.1, 0.15) is 10.6 Å². The van der Waals surface area contributed by atoms with Crippen LogP contribution in [0.15, 0.2) is 17.0 Å². The molecular weight excluding hydrogens is 239 g/mol. The van der Waals surface area contributed by atoms with Gasteiger partial charge in [0.15, 0.2) is 0 Å². The predicted octanol–water partition coefficient (Wildman–Crippen LogP) is 0.978. The minimum atomic E-state index is -4.97. The molecule has 2 rings (SSSR count). The fourth-order valence-electron chi connectivity index (χ4n) is 1.58. The van der Waals surface area contributed by atoms with Gasteiger partial charge in [-0.1, -0.05) is 0 Å². The maximum atomic E-state index is 12.9. The molecule has 1 aromatic rings. The van der Waals surface area contributed by atoms with Crippen LogP contribution in [0, 0.1) is 0 Å². The molecule has 1 N–H and O–H groups in total. The second kappa shape index (κ2) is 3.44. The van der Waals surface area contributed by atoms with E-state index < -0.39 is 21.1 Å². The number of carbonyl (C=O) groups is 1. The summed E-state index contributed by atoms with van der Waals surface area (Å²) in [6.45, 7) is 0.223. The zero-order chi connectivity index (χ0) is 11.9. The Balaban J connectivity index is 2.73. The summed E-state index contributed by atoms with van der Waals surface area (Å²) < 4.78 is 39.6. The van der Waals surface area contributed by atoms with E-state index in [1.54, 1.807) is 0 Å². The number of ether oxygens (including phenoxy) is 1. The Hall–Kier alpha value is -1.63. The average Bonchev–Trinajstić information content (AvgIpc) is 2.61. The standard InChI is InChI=1S/C9H7FO5S/c10-16(13,14)7-4-6(9(11)12)3-5-1-2-15-8(5)7/h3-4H,1-2H2,(H,11,12). The van der Waals surface area contributed by atoms with E-state index in [1.807, 2.05) is 0 Å². The van der Waals surface area contributed by atoms with Gasteiger partial charge in [0.25, 0.3) is 0 Å². The number of fused-ring (bicyclic) bond motifs is 1. The Morgan fingerprint density at radius 3 is 2.69 bits per heavy atom. The van der Waals surface area contributed by atoms with E-state index in [0.29, 0.717) is 12.0 Å². The van der Waals surface area contributed by atoms with Gasteiger partial charge in [0.05, 0.1) is 12.2 Å². The molecule has 0 fully saturated rings. The molecule has 0 bridgehead atoms. The Kier molecular flexibility index (Phi) is 2.34. The van der Waals surface area contributed by atoms with Gasteiger partial charge in [0, 0.05) is 6.42 Å². The van der Waals surface area contributed by atoms with Gasteiger partial charge >= 0.3 is 16.2 Å². The monoisotopic (exact) mass is 246 g/mol. The normalized spacial score (nSPS) is 14.3. The van der Waals surface area contributed by atoms with Crippen molar-refractivity contribution >= 4 is 16.2 Å². The first kappa shape index (κ1) is 10.9. The van der Waals surface area contributed by atoms with Crippen LogP contribution < -0.4 is 4.74 Å². The number of hydrogen-bond donors (Lipinski definition) is 1. The van der Waals surface area contributed by atoms with Gasteiger partial charge < -0.3 is 9.84 Å². The highest BCUT2D eigenvalue weighted by atomic mass is 32.3. The van der Waals surface area contributed by atoms with Crippen LogP contribution in [-0.2, 0) is 16.6 Å². The predicted molar refractivity (Wildman–Crippen MR) is 50.9 cm³/mol. The lowest BCUT2D eigenvalue weighted by atomic mass is 10.1. The van der Waals surface area contributed by atoms with Gasteiger partial charge in [-0.2, -0.15) is 8.42 Å². The molecule has 0 atom stereocenters. The summed E-state index contributed by atoms with van der Waals surface area (Å²) in [6, 6.07) is 2.06. The van der Waals surface area contributed by atoms with Crippen molar-refractivity contribution in [1.82, 2.24) is 0 Å².